The predicted octanol–water partition coefficient (Wildman–Crippen LogP) is 1.68. The summed E-state index contributed by atoms with van der Waals surface area (Å²) in [5.74, 6) is 1.86. The van der Waals surface area contributed by atoms with E-state index >= 15 is 0 Å². The normalized spacial score (nSPS) is 15.8. The van der Waals surface area contributed by atoms with Gasteiger partial charge >= 0.3 is 0 Å². The summed E-state index contributed by atoms with van der Waals surface area (Å²) in [6.07, 6.45) is 5.92. The van der Waals surface area contributed by atoms with E-state index in [1.165, 1.54) is 6.42 Å². The molecule has 0 aliphatic carbocycles. The summed E-state index contributed by atoms with van der Waals surface area (Å²) in [4.78, 5) is 20.5. The van der Waals surface area contributed by atoms with Gasteiger partial charge in [0.1, 0.15) is 0 Å². The van der Waals surface area contributed by atoms with Crippen molar-refractivity contribution in [1.29, 1.82) is 0 Å². The number of hydrogen-bond acceptors (Lipinski definition) is 5. The van der Waals surface area contributed by atoms with E-state index in [-0.39, 0.29) is 0 Å². The lowest BCUT2D eigenvalue weighted by molar-refractivity contribution is 0.269. The smallest absolute Gasteiger partial charge is 0.225 e. The van der Waals surface area contributed by atoms with Crippen LogP contribution in [-0.4, -0.2) is 84.6 Å². The maximum absolute atomic E-state index is 4.84. The molecule has 0 atom stereocenters. The fraction of sp³-hybridized carbons (Fsp3) is 0.737. The Labute approximate surface area is 158 Å². The van der Waals surface area contributed by atoms with Crippen LogP contribution in [0.3, 0.4) is 0 Å². The molecule has 1 aliphatic rings. The summed E-state index contributed by atoms with van der Waals surface area (Å²) in [5.41, 5.74) is 0. The third-order valence-corrected chi connectivity index (χ3v) is 4.81. The Morgan fingerprint density at radius 2 is 1.88 bits per heavy atom. The van der Waals surface area contributed by atoms with Crippen LogP contribution in [0, 0.1) is 0 Å². The Hall–Kier alpha value is -1.89. The van der Waals surface area contributed by atoms with Crippen molar-refractivity contribution < 1.29 is 0 Å². The van der Waals surface area contributed by atoms with E-state index in [2.05, 4.69) is 57.8 Å². The van der Waals surface area contributed by atoms with Crippen LogP contribution in [-0.2, 0) is 0 Å². The molecular weight excluding hydrogens is 326 g/mol. The Morgan fingerprint density at radius 3 is 2.50 bits per heavy atom. The van der Waals surface area contributed by atoms with Gasteiger partial charge in [-0.05, 0) is 53.3 Å². The number of nitrogens with one attached hydrogen (secondary N) is 1. The van der Waals surface area contributed by atoms with Crippen molar-refractivity contribution in [3.63, 3.8) is 0 Å². The highest BCUT2D eigenvalue weighted by atomic mass is 15.4. The molecule has 0 spiro atoms. The molecule has 0 aromatic carbocycles. The predicted molar refractivity (Wildman–Crippen MR) is 109 cm³/mol. The van der Waals surface area contributed by atoms with Gasteiger partial charge in [-0.15, -0.1) is 0 Å². The summed E-state index contributed by atoms with van der Waals surface area (Å²) in [7, 11) is 2.19. The van der Waals surface area contributed by atoms with E-state index in [9.17, 15) is 0 Å². The molecule has 0 bridgehead atoms. The number of nitrogens with zero attached hydrogens (tertiary/aromatic N) is 6. The van der Waals surface area contributed by atoms with E-state index in [0.717, 1.165) is 64.1 Å². The molecule has 2 rings (SSSR count). The van der Waals surface area contributed by atoms with Crippen molar-refractivity contribution in [2.75, 3.05) is 57.8 Å². The minimum atomic E-state index is 0.612. The summed E-state index contributed by atoms with van der Waals surface area (Å²) >= 11 is 0. The molecule has 0 unspecified atom stereocenters. The number of anilines is 1. The molecule has 7 heteroatoms. The number of hydrogen-bond donors (Lipinski definition) is 1. The minimum Gasteiger partial charge on any atom is -0.357 e. The van der Waals surface area contributed by atoms with Crippen molar-refractivity contribution in [2.45, 2.75) is 39.7 Å². The molecule has 1 saturated heterocycles. The fourth-order valence-electron chi connectivity index (χ4n) is 2.91. The SMILES string of the molecule is CCNC(=NCCCCN(C)C(C)C)N1CCN(c2ncccn2)CC1. The standard InChI is InChI=1S/C19H35N7/c1-5-20-18(21-9-6-7-12-24(4)17(2)3)25-13-15-26(16-14-25)19-22-10-8-11-23-19/h8,10-11,17H,5-7,9,12-16H2,1-4H3,(H,20,21). The molecular formula is C19H35N7. The number of aromatic nitrogens is 2. The number of guanidine groups is 1. The second-order valence-electron chi connectivity index (χ2n) is 7.04. The zero-order valence-electron chi connectivity index (χ0n) is 16.9. The maximum atomic E-state index is 4.84. The van der Waals surface area contributed by atoms with Crippen molar-refractivity contribution >= 4 is 11.9 Å². The lowest BCUT2D eigenvalue weighted by atomic mass is 10.2. The van der Waals surface area contributed by atoms with Crippen LogP contribution in [0.5, 0.6) is 0 Å². The monoisotopic (exact) mass is 361 g/mol. The number of aliphatic imine (C=N–C) groups is 1. The number of rotatable bonds is 8. The highest BCUT2D eigenvalue weighted by Crippen LogP contribution is 2.10. The molecule has 0 radical (unpaired) electrons. The summed E-state index contributed by atoms with van der Waals surface area (Å²) in [5, 5.41) is 3.44. The Bertz CT molecular complexity index is 524. The molecule has 0 saturated carbocycles. The first-order chi connectivity index (χ1) is 12.6. The quantitative estimate of drug-likeness (QED) is 0.432. The molecule has 1 N–H and O–H groups in total. The van der Waals surface area contributed by atoms with Gasteiger partial charge in [0.2, 0.25) is 5.95 Å². The van der Waals surface area contributed by atoms with Crippen LogP contribution < -0.4 is 10.2 Å². The first kappa shape index (κ1) is 20.4. The van der Waals surface area contributed by atoms with Gasteiger partial charge in [0.25, 0.3) is 0 Å². The summed E-state index contributed by atoms with van der Waals surface area (Å²) in [6.45, 7) is 13.3. The van der Waals surface area contributed by atoms with Crippen LogP contribution >= 0.6 is 0 Å². The molecule has 0 amide bonds. The van der Waals surface area contributed by atoms with Crippen molar-refractivity contribution in [1.82, 2.24) is 25.1 Å². The van der Waals surface area contributed by atoms with E-state index in [1.807, 2.05) is 6.07 Å². The van der Waals surface area contributed by atoms with Gasteiger partial charge in [-0.2, -0.15) is 0 Å². The van der Waals surface area contributed by atoms with Crippen molar-refractivity contribution in [3.05, 3.63) is 18.5 Å². The Kier molecular flexibility index (Phi) is 8.61. The highest BCUT2D eigenvalue weighted by Gasteiger charge is 2.20. The summed E-state index contributed by atoms with van der Waals surface area (Å²) < 4.78 is 0. The Balaban J connectivity index is 1.78. The highest BCUT2D eigenvalue weighted by molar-refractivity contribution is 5.80. The fourth-order valence-corrected chi connectivity index (χ4v) is 2.91. The van der Waals surface area contributed by atoms with Crippen LogP contribution in [0.2, 0.25) is 0 Å². The second-order valence-corrected chi connectivity index (χ2v) is 7.04. The van der Waals surface area contributed by atoms with Gasteiger partial charge in [0.05, 0.1) is 0 Å². The lowest BCUT2D eigenvalue weighted by Gasteiger charge is -2.36. The van der Waals surface area contributed by atoms with Crippen LogP contribution in [0.15, 0.2) is 23.5 Å². The van der Waals surface area contributed by atoms with Crippen molar-refractivity contribution in [3.8, 4) is 0 Å². The minimum absolute atomic E-state index is 0.612. The first-order valence-electron chi connectivity index (χ1n) is 9.87. The maximum Gasteiger partial charge on any atom is 0.225 e. The number of piperazine rings is 1. The van der Waals surface area contributed by atoms with E-state index in [4.69, 9.17) is 4.99 Å². The molecule has 1 fully saturated rings. The average molecular weight is 362 g/mol. The van der Waals surface area contributed by atoms with Gasteiger partial charge in [-0.25, -0.2) is 9.97 Å². The molecule has 7 nitrogen and oxygen atoms in total. The zero-order valence-corrected chi connectivity index (χ0v) is 16.9. The van der Waals surface area contributed by atoms with Crippen LogP contribution in [0.25, 0.3) is 0 Å². The van der Waals surface area contributed by atoms with Gasteiger partial charge in [-0.3, -0.25) is 4.99 Å². The molecule has 1 aliphatic heterocycles. The van der Waals surface area contributed by atoms with Gasteiger partial charge < -0.3 is 20.0 Å². The molecule has 146 valence electrons. The van der Waals surface area contributed by atoms with E-state index in [0.29, 0.717) is 6.04 Å². The van der Waals surface area contributed by atoms with Gasteiger partial charge in [0.15, 0.2) is 5.96 Å². The number of unbranched alkanes of at least 4 members (excludes halogenated alkanes) is 1. The van der Waals surface area contributed by atoms with Crippen molar-refractivity contribution in [2.24, 2.45) is 4.99 Å². The van der Waals surface area contributed by atoms with E-state index < -0.39 is 0 Å². The van der Waals surface area contributed by atoms with Crippen LogP contribution in [0.4, 0.5) is 5.95 Å². The van der Waals surface area contributed by atoms with Crippen LogP contribution in [0.1, 0.15) is 33.6 Å². The topological polar surface area (TPSA) is 59.9 Å². The third kappa shape index (κ3) is 6.44. The largest absolute Gasteiger partial charge is 0.357 e. The average Bonchev–Trinajstić information content (AvgIpc) is 2.67. The molecule has 2 heterocycles. The van der Waals surface area contributed by atoms with E-state index in [1.54, 1.807) is 12.4 Å². The lowest BCUT2D eigenvalue weighted by Crippen LogP contribution is -2.53. The Morgan fingerprint density at radius 1 is 1.19 bits per heavy atom. The molecule has 1 aromatic heterocycles. The third-order valence-electron chi connectivity index (χ3n) is 4.81. The zero-order chi connectivity index (χ0) is 18.8. The second kappa shape index (κ2) is 11.0. The molecule has 26 heavy (non-hydrogen) atoms. The first-order valence-corrected chi connectivity index (χ1v) is 9.87. The van der Waals surface area contributed by atoms with Gasteiger partial charge in [-0.1, -0.05) is 0 Å². The molecule has 1 aromatic rings. The van der Waals surface area contributed by atoms with Gasteiger partial charge in [0, 0.05) is 57.7 Å². The summed E-state index contributed by atoms with van der Waals surface area (Å²) in [6, 6.07) is 2.47.